The zero-order chi connectivity index (χ0) is 32.3. The van der Waals surface area contributed by atoms with Crippen molar-refractivity contribution >= 4 is 23.4 Å². The molecule has 3 heterocycles. The number of hydrogen-bond acceptors (Lipinski definition) is 6. The molecule has 2 aromatic carbocycles. The minimum atomic E-state index is -1.20. The zero-order valence-corrected chi connectivity index (χ0v) is 26.5. The topological polar surface area (TPSA) is 99.6 Å². The number of nitrogens with zero attached hydrogens (tertiary/aromatic N) is 3. The molecule has 9 nitrogen and oxygen atoms in total. The number of amides is 3. The fourth-order valence-electron chi connectivity index (χ4n) is 7.59. The third kappa shape index (κ3) is 5.68. The number of hydrogen-bond donors (Lipinski definition) is 1. The molecule has 3 aliphatic heterocycles. The predicted octanol–water partition coefficient (Wildman–Crippen LogP) is 4.21. The Labute approximate surface area is 266 Å². The van der Waals surface area contributed by atoms with Crippen LogP contribution in [0.5, 0.6) is 5.75 Å². The first-order chi connectivity index (χ1) is 21.8. The highest BCUT2D eigenvalue weighted by molar-refractivity contribution is 6.05. The van der Waals surface area contributed by atoms with Gasteiger partial charge in [0.1, 0.15) is 17.4 Å². The number of anilines is 1. The molecular formula is C36H45N3O6. The van der Waals surface area contributed by atoms with Gasteiger partial charge in [-0.05, 0) is 48.6 Å². The molecule has 2 unspecified atom stereocenters. The number of fused-ring (bicyclic) bond motifs is 1. The molecule has 3 saturated heterocycles. The van der Waals surface area contributed by atoms with E-state index in [-0.39, 0.29) is 36.8 Å². The molecule has 5 rings (SSSR count). The third-order valence-corrected chi connectivity index (χ3v) is 9.94. The number of likely N-dealkylation sites (tertiary alicyclic amines) is 1. The van der Waals surface area contributed by atoms with E-state index in [1.54, 1.807) is 58.2 Å². The highest BCUT2D eigenvalue weighted by Gasteiger charge is 2.75. The van der Waals surface area contributed by atoms with Gasteiger partial charge < -0.3 is 29.3 Å². The van der Waals surface area contributed by atoms with Gasteiger partial charge in [-0.15, -0.1) is 13.2 Å². The number of aliphatic hydroxyl groups is 1. The Hall–Kier alpha value is -3.95. The molecule has 7 atom stereocenters. The number of methoxy groups -OCH3 is 1. The van der Waals surface area contributed by atoms with Crippen LogP contribution in [-0.4, -0.2) is 83.2 Å². The lowest BCUT2D eigenvalue weighted by Gasteiger charge is -2.40. The van der Waals surface area contributed by atoms with E-state index in [2.05, 4.69) is 13.2 Å². The maximum absolute atomic E-state index is 14.8. The van der Waals surface area contributed by atoms with Crippen LogP contribution in [-0.2, 0) is 25.7 Å². The normalized spacial score (nSPS) is 26.2. The number of ether oxygens (including phenoxy) is 2. The molecule has 1 N–H and O–H groups in total. The summed E-state index contributed by atoms with van der Waals surface area (Å²) in [5.74, 6) is -1.85. The van der Waals surface area contributed by atoms with Crippen LogP contribution in [0.4, 0.5) is 5.69 Å². The SMILES string of the molecule is C=CCN(Cc1ccccc1)C(=O)[C@@H]1[C@H]2C(=O)N([C@@H](CO)[C@@H](C)CC)C(C(=O)N(CC=C)c3ccc(OC)cc3)C23CC[C@H]1O3. The molecule has 240 valence electrons. The second kappa shape index (κ2) is 13.6. The van der Waals surface area contributed by atoms with Gasteiger partial charge in [0.2, 0.25) is 11.8 Å². The van der Waals surface area contributed by atoms with Crippen LogP contribution in [0.2, 0.25) is 0 Å². The number of carbonyl (C=O) groups excluding carboxylic acids is 3. The van der Waals surface area contributed by atoms with Crippen LogP contribution in [0.1, 0.15) is 38.7 Å². The summed E-state index contributed by atoms with van der Waals surface area (Å²) in [6.45, 7) is 12.3. The first-order valence-electron chi connectivity index (χ1n) is 15.9. The van der Waals surface area contributed by atoms with Crippen LogP contribution in [0.25, 0.3) is 0 Å². The summed E-state index contributed by atoms with van der Waals surface area (Å²) in [7, 11) is 1.58. The highest BCUT2D eigenvalue weighted by Crippen LogP contribution is 2.59. The molecule has 3 aliphatic rings. The van der Waals surface area contributed by atoms with Crippen molar-refractivity contribution in [3.8, 4) is 5.75 Å². The van der Waals surface area contributed by atoms with Crippen molar-refractivity contribution in [3.05, 3.63) is 85.5 Å². The van der Waals surface area contributed by atoms with E-state index in [0.29, 0.717) is 43.8 Å². The molecule has 1 spiro atoms. The van der Waals surface area contributed by atoms with Crippen LogP contribution >= 0.6 is 0 Å². The summed E-state index contributed by atoms with van der Waals surface area (Å²) < 4.78 is 12.1. The van der Waals surface area contributed by atoms with Gasteiger partial charge >= 0.3 is 0 Å². The Kier molecular flexibility index (Phi) is 9.79. The molecule has 3 amide bonds. The van der Waals surface area contributed by atoms with Crippen LogP contribution in [0.15, 0.2) is 79.9 Å². The zero-order valence-electron chi connectivity index (χ0n) is 26.5. The van der Waals surface area contributed by atoms with Gasteiger partial charge in [-0.25, -0.2) is 0 Å². The van der Waals surface area contributed by atoms with E-state index in [4.69, 9.17) is 9.47 Å². The van der Waals surface area contributed by atoms with Crippen molar-refractivity contribution in [2.75, 3.05) is 31.7 Å². The molecule has 45 heavy (non-hydrogen) atoms. The van der Waals surface area contributed by atoms with Crippen molar-refractivity contribution in [3.63, 3.8) is 0 Å². The fourth-order valence-corrected chi connectivity index (χ4v) is 7.59. The Morgan fingerprint density at radius 1 is 1.11 bits per heavy atom. The maximum Gasteiger partial charge on any atom is 0.253 e. The standard InChI is InChI=1S/C36H45N3O6/c1-6-20-37(22-25-12-10-9-11-13-25)33(41)30-29-18-19-36(45-29)31(30)34(42)39(28(23-40)24(4)8-3)32(36)35(43)38(21-7-2)26-14-16-27(44-5)17-15-26/h6-7,9-17,24,28-32,40H,1-2,8,18-23H2,3-5H3/t24-,28-,29+,30-,31-,32?,36?/m0/s1. The molecule has 0 aromatic heterocycles. The molecule has 3 fully saturated rings. The summed E-state index contributed by atoms with van der Waals surface area (Å²) in [6.07, 6.45) is 4.56. The van der Waals surface area contributed by atoms with Gasteiger partial charge in [0.15, 0.2) is 0 Å². The molecule has 2 aromatic rings. The average Bonchev–Trinajstić information content (AvgIpc) is 3.71. The second-order valence-corrected chi connectivity index (χ2v) is 12.4. The molecular weight excluding hydrogens is 570 g/mol. The predicted molar refractivity (Wildman–Crippen MR) is 172 cm³/mol. The molecule has 2 bridgehead atoms. The summed E-state index contributed by atoms with van der Waals surface area (Å²) >= 11 is 0. The van der Waals surface area contributed by atoms with Crippen molar-refractivity contribution in [2.45, 2.75) is 63.4 Å². The van der Waals surface area contributed by atoms with Gasteiger partial charge in [0, 0.05) is 25.3 Å². The number of aliphatic hydroxyl groups excluding tert-OH is 1. The molecule has 0 aliphatic carbocycles. The summed E-state index contributed by atoms with van der Waals surface area (Å²) in [5.41, 5.74) is 0.395. The third-order valence-electron chi connectivity index (χ3n) is 9.94. The minimum absolute atomic E-state index is 0.0972. The van der Waals surface area contributed by atoms with E-state index in [9.17, 15) is 19.5 Å². The Morgan fingerprint density at radius 2 is 1.80 bits per heavy atom. The molecule has 0 saturated carbocycles. The van der Waals surface area contributed by atoms with Gasteiger partial charge in [-0.1, -0.05) is 62.8 Å². The number of carbonyl (C=O) groups is 3. The first kappa shape index (κ1) is 32.4. The van der Waals surface area contributed by atoms with Crippen LogP contribution in [0, 0.1) is 17.8 Å². The number of benzene rings is 2. The van der Waals surface area contributed by atoms with Crippen molar-refractivity contribution in [2.24, 2.45) is 17.8 Å². The van der Waals surface area contributed by atoms with Crippen molar-refractivity contribution in [1.82, 2.24) is 9.80 Å². The average molecular weight is 616 g/mol. The minimum Gasteiger partial charge on any atom is -0.497 e. The van der Waals surface area contributed by atoms with E-state index >= 15 is 0 Å². The number of rotatable bonds is 14. The van der Waals surface area contributed by atoms with E-state index in [1.807, 2.05) is 44.2 Å². The van der Waals surface area contributed by atoms with Gasteiger partial charge in [-0.2, -0.15) is 0 Å². The van der Waals surface area contributed by atoms with Crippen molar-refractivity contribution < 1.29 is 29.0 Å². The fraction of sp³-hybridized carbons (Fsp3) is 0.472. The first-order valence-corrected chi connectivity index (χ1v) is 15.9. The lowest BCUT2D eigenvalue weighted by atomic mass is 9.70. The summed E-state index contributed by atoms with van der Waals surface area (Å²) in [5, 5.41) is 10.7. The van der Waals surface area contributed by atoms with E-state index in [0.717, 1.165) is 5.56 Å². The molecule has 0 radical (unpaired) electrons. The Morgan fingerprint density at radius 3 is 2.40 bits per heavy atom. The van der Waals surface area contributed by atoms with Gasteiger partial charge in [0.25, 0.3) is 5.91 Å². The second-order valence-electron chi connectivity index (χ2n) is 12.4. The maximum atomic E-state index is 14.8. The van der Waals surface area contributed by atoms with Gasteiger partial charge in [-0.3, -0.25) is 14.4 Å². The highest BCUT2D eigenvalue weighted by atomic mass is 16.5. The Bertz CT molecular complexity index is 1400. The quantitative estimate of drug-likeness (QED) is 0.320. The van der Waals surface area contributed by atoms with Crippen LogP contribution < -0.4 is 9.64 Å². The monoisotopic (exact) mass is 615 g/mol. The molecule has 9 heteroatoms. The van der Waals surface area contributed by atoms with Crippen LogP contribution in [0.3, 0.4) is 0 Å². The summed E-state index contributed by atoms with van der Waals surface area (Å²) in [6, 6.07) is 15.2. The summed E-state index contributed by atoms with van der Waals surface area (Å²) in [4.78, 5) is 48.8. The Balaban J connectivity index is 1.57. The lowest BCUT2D eigenvalue weighted by Crippen LogP contribution is -2.60. The van der Waals surface area contributed by atoms with Gasteiger partial charge in [0.05, 0.1) is 37.7 Å². The van der Waals surface area contributed by atoms with Crippen molar-refractivity contribution in [1.29, 1.82) is 0 Å². The van der Waals surface area contributed by atoms with E-state index < -0.39 is 35.6 Å². The lowest BCUT2D eigenvalue weighted by molar-refractivity contribution is -0.148. The smallest absolute Gasteiger partial charge is 0.253 e. The largest absolute Gasteiger partial charge is 0.497 e. The van der Waals surface area contributed by atoms with E-state index in [1.165, 1.54) is 0 Å².